The molecule has 1 unspecified atom stereocenters. The number of benzene rings is 2. The van der Waals surface area contributed by atoms with Gasteiger partial charge in [-0.2, -0.15) is 0 Å². The van der Waals surface area contributed by atoms with E-state index in [-0.39, 0.29) is 35.0 Å². The summed E-state index contributed by atoms with van der Waals surface area (Å²) in [5, 5.41) is 33.9. The fourth-order valence-electron chi connectivity index (χ4n) is 8.62. The topological polar surface area (TPSA) is 206 Å². The first-order chi connectivity index (χ1) is 32.7. The predicted molar refractivity (Wildman–Crippen MR) is 269 cm³/mol. The number of anilines is 3. The largest absolute Gasteiger partial charge is 0.507 e. The van der Waals surface area contributed by atoms with Crippen molar-refractivity contribution in [3.63, 3.8) is 0 Å². The van der Waals surface area contributed by atoms with Crippen LogP contribution in [0.2, 0.25) is 0 Å². The van der Waals surface area contributed by atoms with E-state index in [2.05, 4.69) is 69.3 Å². The van der Waals surface area contributed by atoms with Crippen LogP contribution in [0.4, 0.5) is 17.5 Å². The lowest BCUT2D eigenvalue weighted by molar-refractivity contribution is -0.132. The van der Waals surface area contributed by atoms with Crippen LogP contribution in [0, 0.1) is 23.7 Å². The number of amides is 3. The maximum atomic E-state index is 11.6. The second-order valence-electron chi connectivity index (χ2n) is 19.2. The number of nitrogens with two attached hydrogens (primary N) is 1. The quantitative estimate of drug-likeness (QED) is 0.0944. The monoisotopic (exact) mass is 932 g/mol. The number of phenolic OH excluding ortho intramolecular Hbond substituents is 1. The average molecular weight is 932 g/mol. The van der Waals surface area contributed by atoms with E-state index in [1.54, 1.807) is 17.0 Å². The number of aliphatic hydroxyl groups excluding tert-OH is 1. The first-order valence-electron chi connectivity index (χ1n) is 24.0. The molecule has 6 N–H and O–H groups in total. The van der Waals surface area contributed by atoms with E-state index in [0.717, 1.165) is 93.7 Å². The Morgan fingerprint density at radius 1 is 0.882 bits per heavy atom. The van der Waals surface area contributed by atoms with Gasteiger partial charge in [-0.3, -0.25) is 14.4 Å². The van der Waals surface area contributed by atoms with Gasteiger partial charge in [-0.05, 0) is 105 Å². The molecule has 4 aromatic rings. The van der Waals surface area contributed by atoms with Crippen molar-refractivity contribution >= 4 is 35.7 Å². The summed E-state index contributed by atoms with van der Waals surface area (Å²) in [4.78, 5) is 50.3. The Kier molecular flexibility index (Phi) is 20.4. The van der Waals surface area contributed by atoms with Gasteiger partial charge in [0.1, 0.15) is 5.75 Å². The van der Waals surface area contributed by atoms with Crippen LogP contribution in [0.5, 0.6) is 5.75 Å². The second-order valence-corrected chi connectivity index (χ2v) is 19.2. The fourth-order valence-corrected chi connectivity index (χ4v) is 8.62. The number of likely N-dealkylation sites (tertiary alicyclic amines) is 2. The third-order valence-corrected chi connectivity index (χ3v) is 12.7. The van der Waals surface area contributed by atoms with Crippen molar-refractivity contribution < 1.29 is 24.6 Å². The number of aromatic nitrogens is 4. The van der Waals surface area contributed by atoms with E-state index in [9.17, 15) is 24.6 Å². The molecule has 68 heavy (non-hydrogen) atoms. The summed E-state index contributed by atoms with van der Waals surface area (Å²) in [6.45, 7) is 13.5. The number of aliphatic hydroxyl groups is 1. The minimum atomic E-state index is -0.302. The Balaban J connectivity index is 0.000000207. The zero-order valence-corrected chi connectivity index (χ0v) is 40.7. The van der Waals surface area contributed by atoms with Gasteiger partial charge in [-0.25, -0.2) is 9.97 Å². The number of nitrogens with one attached hydrogen (secondary N) is 2. The fraction of sp³-hybridized carbons (Fsp3) is 0.519. The molecule has 2 aromatic heterocycles. The Labute approximate surface area is 403 Å². The van der Waals surface area contributed by atoms with E-state index in [1.807, 2.05) is 61.9 Å². The van der Waals surface area contributed by atoms with Crippen molar-refractivity contribution in [1.82, 2.24) is 35.3 Å². The van der Waals surface area contributed by atoms with Crippen LogP contribution in [0.25, 0.3) is 11.3 Å². The number of hydrogen-bond acceptors (Lipinski definition) is 13. The highest BCUT2D eigenvalue weighted by Gasteiger charge is 2.28. The number of piperidine rings is 1. The van der Waals surface area contributed by atoms with Crippen molar-refractivity contribution in [3.05, 3.63) is 83.7 Å². The van der Waals surface area contributed by atoms with Crippen LogP contribution < -0.4 is 26.2 Å². The van der Waals surface area contributed by atoms with Gasteiger partial charge in [0.25, 0.3) is 0 Å². The molecule has 16 nitrogen and oxygen atoms in total. The van der Waals surface area contributed by atoms with E-state index < -0.39 is 0 Å². The van der Waals surface area contributed by atoms with Crippen LogP contribution in [0.15, 0.2) is 67.0 Å². The van der Waals surface area contributed by atoms with Crippen LogP contribution in [0.3, 0.4) is 0 Å². The maximum Gasteiger partial charge on any atom is 0.225 e. The lowest BCUT2D eigenvalue weighted by atomic mass is 9.89. The summed E-state index contributed by atoms with van der Waals surface area (Å²) in [7, 11) is 4.03. The molecule has 1 atom stereocenters. The molecule has 1 aliphatic carbocycles. The predicted octanol–water partition coefficient (Wildman–Crippen LogP) is 5.80. The number of carbonyl (C=O) groups is 3. The number of piperazine rings is 1. The van der Waals surface area contributed by atoms with Gasteiger partial charge in [0.15, 0.2) is 5.82 Å². The Bertz CT molecular complexity index is 2220. The molecule has 4 fully saturated rings. The Morgan fingerprint density at radius 2 is 1.53 bits per heavy atom. The number of para-hydroxylation sites is 1. The maximum absolute atomic E-state index is 11.6. The highest BCUT2D eigenvalue weighted by atomic mass is 16.3. The minimum absolute atomic E-state index is 0.0463. The van der Waals surface area contributed by atoms with Crippen molar-refractivity contribution in [2.24, 2.45) is 17.1 Å². The summed E-state index contributed by atoms with van der Waals surface area (Å²) >= 11 is 0. The highest BCUT2D eigenvalue weighted by molar-refractivity contribution is 5.77. The number of rotatable bonds is 10. The van der Waals surface area contributed by atoms with Gasteiger partial charge in [-0.1, -0.05) is 70.2 Å². The average Bonchev–Trinajstić information content (AvgIpc) is 3.80. The summed E-state index contributed by atoms with van der Waals surface area (Å²) in [5.74, 6) is 5.08. The molecular formula is C52H73N11O5. The zero-order valence-electron chi connectivity index (χ0n) is 40.7. The number of hydrogen-bond donors (Lipinski definition) is 5. The number of primary amides is 1. The molecule has 0 radical (unpaired) electrons. The molecule has 3 amide bonds. The van der Waals surface area contributed by atoms with Gasteiger partial charge in [0, 0.05) is 88.7 Å². The molecular weight excluding hydrogens is 859 g/mol. The van der Waals surface area contributed by atoms with Crippen molar-refractivity contribution in [2.75, 3.05) is 81.6 Å². The number of aromatic hydroxyl groups is 1. The molecule has 0 spiro atoms. The molecule has 8 rings (SSSR count). The molecule has 1 saturated carbocycles. The Hall–Kier alpha value is -6.31. The van der Waals surface area contributed by atoms with E-state index in [1.165, 1.54) is 37.7 Å². The number of phenols is 1. The van der Waals surface area contributed by atoms with Crippen LogP contribution >= 0.6 is 0 Å². The van der Waals surface area contributed by atoms with E-state index in [0.29, 0.717) is 43.1 Å². The number of carbonyl (C=O) groups excluding carboxylic acids is 3. The number of β-amino-alcohol motifs (C(OH)–C–C–N with tert-alkyl or cyclic N) is 1. The third kappa shape index (κ3) is 16.5. The van der Waals surface area contributed by atoms with Gasteiger partial charge in [0.05, 0.1) is 17.5 Å². The van der Waals surface area contributed by atoms with Crippen LogP contribution in [0.1, 0.15) is 101 Å². The number of terminal acetylenes is 1. The molecule has 3 aliphatic heterocycles. The summed E-state index contributed by atoms with van der Waals surface area (Å²) in [6.07, 6.45) is 19.0. The van der Waals surface area contributed by atoms with Gasteiger partial charge in [-0.15, -0.1) is 16.6 Å². The lowest BCUT2D eigenvalue weighted by Crippen LogP contribution is -2.47. The standard InChI is InChI=1S/C25H32N8O.C10H19NO2.C10H9NO.C7H13NO/c1-26-24-22(15-21(29-30-24)20-5-3-4-6-23(20)34)32-11-13-33(14-12-32)25-27-16-19(17-28-25)18-7-9-31(2)10-8-18;1-10(2,3)6-9(13)11-5-4-8(12)7-11;1-2-9-3-5-10(6-4-9)7-11-8-12;8-7(9)6-4-2-1-3-5-6/h3-6,15-18,34H,7-14H2,1-2H3,(H,26,30);8,12H,4-7H2,1-3H3;1,3-6,8H,7H2,(H,11,12);6H,1-5H2,(H2,8,9). The van der Waals surface area contributed by atoms with Crippen LogP contribution in [-0.2, 0) is 20.9 Å². The van der Waals surface area contributed by atoms with Gasteiger partial charge < -0.3 is 46.2 Å². The van der Waals surface area contributed by atoms with E-state index >= 15 is 0 Å². The van der Waals surface area contributed by atoms with Crippen LogP contribution in [-0.4, -0.2) is 131 Å². The number of nitrogens with zero attached hydrogens (tertiary/aromatic N) is 8. The molecule has 16 heteroatoms. The second kappa shape index (κ2) is 26.3. The van der Waals surface area contributed by atoms with Crippen molar-refractivity contribution in [1.29, 1.82) is 0 Å². The zero-order chi connectivity index (χ0) is 49.1. The van der Waals surface area contributed by atoms with E-state index in [4.69, 9.17) is 22.1 Å². The third-order valence-electron chi connectivity index (χ3n) is 12.7. The molecule has 366 valence electrons. The normalized spacial score (nSPS) is 17.8. The molecule has 0 bridgehead atoms. The summed E-state index contributed by atoms with van der Waals surface area (Å²) < 4.78 is 0. The van der Waals surface area contributed by atoms with Crippen molar-refractivity contribution in [3.8, 4) is 29.4 Å². The molecule has 2 aromatic carbocycles. The lowest BCUT2D eigenvalue weighted by Gasteiger charge is -2.36. The summed E-state index contributed by atoms with van der Waals surface area (Å²) in [5.41, 5.74) is 10.6. The SMILES string of the molecule is C#Cc1ccc(CNC=O)cc1.CC(C)(C)CC(=O)N1CCC(O)C1.CNc1nnc(-c2ccccc2O)cc1N1CCN(c2ncc(C3CCN(C)CC3)cn2)CC1.NC(=O)C1CCCCC1. The van der Waals surface area contributed by atoms with Gasteiger partial charge in [0.2, 0.25) is 24.2 Å². The van der Waals surface area contributed by atoms with Crippen molar-refractivity contribution in [2.45, 2.75) is 97.1 Å². The Morgan fingerprint density at radius 3 is 2.07 bits per heavy atom. The van der Waals surface area contributed by atoms with Gasteiger partial charge >= 0.3 is 0 Å². The molecule has 5 heterocycles. The summed E-state index contributed by atoms with van der Waals surface area (Å²) in [6, 6.07) is 16.7. The molecule has 4 aliphatic rings. The first kappa shape index (κ1) is 52.7. The minimum Gasteiger partial charge on any atom is -0.507 e. The smallest absolute Gasteiger partial charge is 0.225 e. The molecule has 3 saturated heterocycles. The highest BCUT2D eigenvalue weighted by Crippen LogP contribution is 2.33. The first-order valence-corrected chi connectivity index (χ1v) is 24.0.